The standard InChI is InChI=1S/C19H23N3O2/c1-19(2,14-20-18(23)16-8-11-22(24)12-9-16)21-10-7-15-5-3-4-6-17(15)13-21/h3-6,8-9,11-12H,7,10,13-14H2,1-2H3,(H,20,23). The smallest absolute Gasteiger partial charge is 0.251 e. The predicted octanol–water partition coefficient (Wildman–Crippen LogP) is 1.89. The van der Waals surface area contributed by atoms with Crippen molar-refractivity contribution in [3.8, 4) is 0 Å². The van der Waals surface area contributed by atoms with Gasteiger partial charge in [0.2, 0.25) is 0 Å². The van der Waals surface area contributed by atoms with Gasteiger partial charge in [-0.25, -0.2) is 0 Å². The van der Waals surface area contributed by atoms with Crippen molar-refractivity contribution in [1.82, 2.24) is 10.2 Å². The predicted molar refractivity (Wildman–Crippen MR) is 92.4 cm³/mol. The monoisotopic (exact) mass is 325 g/mol. The number of benzene rings is 1. The third kappa shape index (κ3) is 3.57. The molecule has 0 radical (unpaired) electrons. The first kappa shape index (κ1) is 16.5. The van der Waals surface area contributed by atoms with Crippen molar-refractivity contribution in [1.29, 1.82) is 0 Å². The zero-order chi connectivity index (χ0) is 17.2. The zero-order valence-electron chi connectivity index (χ0n) is 14.2. The van der Waals surface area contributed by atoms with E-state index >= 15 is 0 Å². The number of hydrogen-bond acceptors (Lipinski definition) is 3. The Balaban J connectivity index is 1.62. The van der Waals surface area contributed by atoms with E-state index in [0.29, 0.717) is 16.8 Å². The Kier molecular flexibility index (Phi) is 4.53. The molecular weight excluding hydrogens is 302 g/mol. The van der Waals surface area contributed by atoms with Gasteiger partial charge < -0.3 is 10.5 Å². The van der Waals surface area contributed by atoms with Crippen LogP contribution in [0.2, 0.25) is 0 Å². The van der Waals surface area contributed by atoms with Crippen LogP contribution in [0.15, 0.2) is 48.8 Å². The summed E-state index contributed by atoms with van der Waals surface area (Å²) in [6.07, 6.45) is 3.71. The fourth-order valence-electron chi connectivity index (χ4n) is 3.09. The van der Waals surface area contributed by atoms with E-state index in [9.17, 15) is 10.0 Å². The summed E-state index contributed by atoms with van der Waals surface area (Å²) < 4.78 is 0.673. The van der Waals surface area contributed by atoms with E-state index < -0.39 is 0 Å². The molecule has 1 aromatic heterocycles. The van der Waals surface area contributed by atoms with Gasteiger partial charge in [0.1, 0.15) is 0 Å². The van der Waals surface area contributed by atoms with Gasteiger partial charge in [-0.2, -0.15) is 4.73 Å². The Labute approximate surface area is 142 Å². The van der Waals surface area contributed by atoms with Crippen LogP contribution < -0.4 is 10.0 Å². The second kappa shape index (κ2) is 6.61. The van der Waals surface area contributed by atoms with Gasteiger partial charge in [-0.3, -0.25) is 9.69 Å². The van der Waals surface area contributed by atoms with Gasteiger partial charge in [0.05, 0.1) is 5.56 Å². The summed E-state index contributed by atoms with van der Waals surface area (Å²) in [4.78, 5) is 14.7. The quantitative estimate of drug-likeness (QED) is 0.690. The molecule has 0 spiro atoms. The molecular formula is C19H23N3O2. The highest BCUT2D eigenvalue weighted by Crippen LogP contribution is 2.24. The summed E-state index contributed by atoms with van der Waals surface area (Å²) in [7, 11) is 0. The van der Waals surface area contributed by atoms with Crippen molar-refractivity contribution in [3.05, 3.63) is 70.7 Å². The summed E-state index contributed by atoms with van der Waals surface area (Å²) in [5.74, 6) is -0.152. The normalized spacial score (nSPS) is 14.9. The molecule has 0 unspecified atom stereocenters. The molecule has 3 rings (SSSR count). The maximum atomic E-state index is 12.2. The van der Waals surface area contributed by atoms with Crippen molar-refractivity contribution in [2.75, 3.05) is 13.1 Å². The van der Waals surface area contributed by atoms with Crippen LogP contribution in [0, 0.1) is 5.21 Å². The van der Waals surface area contributed by atoms with Crippen molar-refractivity contribution in [2.45, 2.75) is 32.4 Å². The molecule has 1 aliphatic rings. The van der Waals surface area contributed by atoms with Crippen molar-refractivity contribution < 1.29 is 9.52 Å². The molecule has 1 amide bonds. The number of carbonyl (C=O) groups excluding carboxylic acids is 1. The number of nitrogens with one attached hydrogen (secondary N) is 1. The molecule has 0 aliphatic carbocycles. The number of amides is 1. The average molecular weight is 325 g/mol. The average Bonchev–Trinajstić information content (AvgIpc) is 2.60. The van der Waals surface area contributed by atoms with E-state index in [-0.39, 0.29) is 11.4 Å². The first-order valence-electron chi connectivity index (χ1n) is 8.24. The summed E-state index contributed by atoms with van der Waals surface area (Å²) in [5.41, 5.74) is 3.15. The van der Waals surface area contributed by atoms with Gasteiger partial charge in [0, 0.05) is 37.3 Å². The Morgan fingerprint density at radius 2 is 1.88 bits per heavy atom. The molecule has 1 N–H and O–H groups in total. The molecule has 1 aromatic carbocycles. The number of pyridine rings is 1. The van der Waals surface area contributed by atoms with Crippen LogP contribution in [-0.4, -0.2) is 29.4 Å². The van der Waals surface area contributed by atoms with Crippen LogP contribution in [0.25, 0.3) is 0 Å². The second-order valence-corrected chi connectivity index (χ2v) is 6.88. The lowest BCUT2D eigenvalue weighted by Gasteiger charge is -2.41. The molecule has 5 heteroatoms. The fourth-order valence-corrected chi connectivity index (χ4v) is 3.09. The van der Waals surface area contributed by atoms with Crippen molar-refractivity contribution >= 4 is 5.91 Å². The lowest BCUT2D eigenvalue weighted by Crippen LogP contribution is -2.53. The number of carbonyl (C=O) groups is 1. The third-order valence-electron chi connectivity index (χ3n) is 4.73. The second-order valence-electron chi connectivity index (χ2n) is 6.88. The van der Waals surface area contributed by atoms with E-state index in [1.165, 1.54) is 35.7 Å². The fraction of sp³-hybridized carbons (Fsp3) is 0.368. The highest BCUT2D eigenvalue weighted by Gasteiger charge is 2.30. The summed E-state index contributed by atoms with van der Waals surface area (Å²) >= 11 is 0. The zero-order valence-corrected chi connectivity index (χ0v) is 14.2. The van der Waals surface area contributed by atoms with Crippen LogP contribution in [0.1, 0.15) is 35.3 Å². The van der Waals surface area contributed by atoms with Crippen LogP contribution >= 0.6 is 0 Å². The molecule has 126 valence electrons. The van der Waals surface area contributed by atoms with Crippen LogP contribution in [0.3, 0.4) is 0 Å². The van der Waals surface area contributed by atoms with Crippen LogP contribution in [0.5, 0.6) is 0 Å². The number of hydrogen-bond donors (Lipinski definition) is 1. The number of aromatic nitrogens is 1. The first-order valence-corrected chi connectivity index (χ1v) is 8.24. The van der Waals surface area contributed by atoms with Crippen molar-refractivity contribution in [3.63, 3.8) is 0 Å². The third-order valence-corrected chi connectivity index (χ3v) is 4.73. The maximum Gasteiger partial charge on any atom is 0.251 e. The van der Waals surface area contributed by atoms with Gasteiger partial charge in [0.25, 0.3) is 5.91 Å². The van der Waals surface area contributed by atoms with Crippen LogP contribution in [0.4, 0.5) is 0 Å². The molecule has 24 heavy (non-hydrogen) atoms. The Morgan fingerprint density at radius 3 is 2.58 bits per heavy atom. The maximum absolute atomic E-state index is 12.2. The summed E-state index contributed by atoms with van der Waals surface area (Å²) in [6.45, 7) is 6.75. The van der Waals surface area contributed by atoms with Gasteiger partial charge in [-0.05, 0) is 31.4 Å². The highest BCUT2D eigenvalue weighted by molar-refractivity contribution is 5.93. The van der Waals surface area contributed by atoms with Crippen molar-refractivity contribution in [2.24, 2.45) is 0 Å². The Hall–Kier alpha value is -2.40. The molecule has 0 bridgehead atoms. The van der Waals surface area contributed by atoms with E-state index in [1.54, 1.807) is 0 Å². The van der Waals surface area contributed by atoms with Gasteiger partial charge in [-0.15, -0.1) is 0 Å². The summed E-state index contributed by atoms with van der Waals surface area (Å²) in [5, 5.41) is 14.0. The lowest BCUT2D eigenvalue weighted by atomic mass is 9.94. The molecule has 2 heterocycles. The van der Waals surface area contributed by atoms with E-state index in [2.05, 4.69) is 48.3 Å². The molecule has 2 aromatic rings. The van der Waals surface area contributed by atoms with Gasteiger partial charge >= 0.3 is 0 Å². The molecule has 1 aliphatic heterocycles. The topological polar surface area (TPSA) is 59.3 Å². The van der Waals surface area contributed by atoms with Gasteiger partial charge in [0.15, 0.2) is 12.4 Å². The minimum Gasteiger partial charge on any atom is -0.619 e. The molecule has 0 atom stereocenters. The largest absolute Gasteiger partial charge is 0.619 e. The Bertz CT molecular complexity index is 726. The number of fused-ring (bicyclic) bond motifs is 1. The molecule has 0 saturated carbocycles. The highest BCUT2D eigenvalue weighted by atomic mass is 16.5. The van der Waals surface area contributed by atoms with Crippen LogP contribution in [-0.2, 0) is 13.0 Å². The molecule has 0 saturated heterocycles. The lowest BCUT2D eigenvalue weighted by molar-refractivity contribution is -0.605. The number of nitrogens with zero attached hydrogens (tertiary/aromatic N) is 2. The van der Waals surface area contributed by atoms with E-state index in [0.717, 1.165) is 19.5 Å². The van der Waals surface area contributed by atoms with E-state index in [1.807, 2.05) is 0 Å². The van der Waals surface area contributed by atoms with Gasteiger partial charge in [-0.1, -0.05) is 24.3 Å². The van der Waals surface area contributed by atoms with E-state index in [4.69, 9.17) is 0 Å². The minimum atomic E-state index is -0.152. The SMILES string of the molecule is CC(C)(CNC(=O)c1cc[n+]([O-])cc1)N1CCc2ccccc2C1. The molecule has 5 nitrogen and oxygen atoms in total. The number of rotatable bonds is 4. The minimum absolute atomic E-state index is 0.142. The Morgan fingerprint density at radius 1 is 1.21 bits per heavy atom. The molecule has 0 fully saturated rings. The first-order chi connectivity index (χ1) is 11.5. The summed E-state index contributed by atoms with van der Waals surface area (Å²) in [6, 6.07) is 11.6.